The lowest BCUT2D eigenvalue weighted by molar-refractivity contribution is -0.139. The van der Waals surface area contributed by atoms with Crippen molar-refractivity contribution >= 4 is 5.97 Å². The van der Waals surface area contributed by atoms with Crippen LogP contribution in [0, 0.1) is 29.6 Å². The highest BCUT2D eigenvalue weighted by molar-refractivity contribution is 5.68. The first-order valence-corrected chi connectivity index (χ1v) is 10.9. The number of hydrogen-bond donors (Lipinski definition) is 3. The van der Waals surface area contributed by atoms with Crippen molar-refractivity contribution in [3.63, 3.8) is 0 Å². The predicted octanol–water partition coefficient (Wildman–Crippen LogP) is 3.12. The number of carboxylic acid groups (broad SMARTS) is 1. The number of hydrogen-bond acceptors (Lipinski definition) is 4. The molecule has 3 aliphatic rings. The zero-order chi connectivity index (χ0) is 20.4. The monoisotopic (exact) mass is 398 g/mol. The van der Waals surface area contributed by atoms with E-state index in [1.54, 1.807) is 0 Å². The topological polar surface area (TPSA) is 87.0 Å². The molecule has 0 aliphatic heterocycles. The second-order valence-electron chi connectivity index (χ2n) is 8.81. The van der Waals surface area contributed by atoms with Crippen LogP contribution in [0.25, 0.3) is 0 Å². The quantitative estimate of drug-likeness (QED) is 0.679. The molecule has 2 saturated carbocycles. The predicted molar refractivity (Wildman–Crippen MR) is 109 cm³/mol. The Hall–Kier alpha value is -2.03. The minimum absolute atomic E-state index is 0.0886. The summed E-state index contributed by atoms with van der Waals surface area (Å²) < 4.78 is 5.31. The first-order chi connectivity index (χ1) is 14.0. The van der Waals surface area contributed by atoms with E-state index in [4.69, 9.17) is 9.84 Å². The van der Waals surface area contributed by atoms with Gasteiger partial charge < -0.3 is 20.1 Å². The third-order valence-electron chi connectivity index (χ3n) is 7.01. The number of carboxylic acids is 1. The lowest BCUT2D eigenvalue weighted by Crippen LogP contribution is -2.24. The van der Waals surface area contributed by atoms with Gasteiger partial charge in [-0.3, -0.25) is 0 Å². The molecule has 4 rings (SSSR count). The summed E-state index contributed by atoms with van der Waals surface area (Å²) in [5, 5.41) is 30.0. The summed E-state index contributed by atoms with van der Waals surface area (Å²) in [4.78, 5) is 10.7. The van der Waals surface area contributed by atoms with Crippen molar-refractivity contribution in [1.82, 2.24) is 0 Å². The van der Waals surface area contributed by atoms with E-state index in [0.29, 0.717) is 18.1 Å². The first-order valence-electron chi connectivity index (χ1n) is 10.9. The second-order valence-corrected chi connectivity index (χ2v) is 8.81. The first kappa shape index (κ1) is 20.3. The standard InChI is InChI=1S/C24H30O5/c25-22(15-4-2-1-3-5-15)11-10-20-19-8-6-16-12-17(29-14-24(27)28)7-9-18(16)21(19)13-23(20)26/h7,9,12,15,19-23,25-26H,1-6,8,13-14H2,(H,27,28)/t19-,20-,21-,22-,23-/m1/s1. The molecule has 0 spiro atoms. The molecule has 0 aromatic heterocycles. The number of benzene rings is 1. The molecular weight excluding hydrogens is 368 g/mol. The highest BCUT2D eigenvalue weighted by Crippen LogP contribution is 2.50. The van der Waals surface area contributed by atoms with Gasteiger partial charge in [0.25, 0.3) is 0 Å². The number of carbonyl (C=O) groups is 1. The average Bonchev–Trinajstić information content (AvgIpc) is 3.06. The van der Waals surface area contributed by atoms with Gasteiger partial charge in [0, 0.05) is 5.92 Å². The van der Waals surface area contributed by atoms with E-state index in [2.05, 4.69) is 11.8 Å². The minimum atomic E-state index is -0.987. The van der Waals surface area contributed by atoms with Gasteiger partial charge in [-0.2, -0.15) is 0 Å². The van der Waals surface area contributed by atoms with Crippen LogP contribution in [0.3, 0.4) is 0 Å². The molecule has 0 heterocycles. The lowest BCUT2D eigenvalue weighted by atomic mass is 9.74. The van der Waals surface area contributed by atoms with Gasteiger partial charge in [-0.1, -0.05) is 37.2 Å². The van der Waals surface area contributed by atoms with Crippen molar-refractivity contribution in [1.29, 1.82) is 0 Å². The Morgan fingerprint density at radius 2 is 2.00 bits per heavy atom. The molecule has 0 radical (unpaired) electrons. The molecule has 5 heteroatoms. The van der Waals surface area contributed by atoms with Crippen molar-refractivity contribution in [2.75, 3.05) is 6.61 Å². The van der Waals surface area contributed by atoms with Crippen LogP contribution in [-0.4, -0.2) is 40.1 Å². The molecule has 156 valence electrons. The Labute approximate surface area is 172 Å². The summed E-state index contributed by atoms with van der Waals surface area (Å²) in [6, 6.07) is 5.78. The fourth-order valence-corrected chi connectivity index (χ4v) is 5.53. The zero-order valence-corrected chi connectivity index (χ0v) is 16.7. The number of aryl methyl sites for hydroxylation is 1. The van der Waals surface area contributed by atoms with Crippen LogP contribution in [0.2, 0.25) is 0 Å². The van der Waals surface area contributed by atoms with Gasteiger partial charge >= 0.3 is 5.97 Å². The van der Waals surface area contributed by atoms with E-state index in [1.165, 1.54) is 30.4 Å². The van der Waals surface area contributed by atoms with Gasteiger partial charge in [0.15, 0.2) is 6.61 Å². The van der Waals surface area contributed by atoms with Crippen LogP contribution in [0.1, 0.15) is 62.0 Å². The van der Waals surface area contributed by atoms with Gasteiger partial charge in [-0.05, 0) is 73.1 Å². The van der Waals surface area contributed by atoms with Gasteiger partial charge in [0.2, 0.25) is 0 Å². The van der Waals surface area contributed by atoms with Gasteiger partial charge in [-0.25, -0.2) is 4.79 Å². The Morgan fingerprint density at radius 1 is 1.21 bits per heavy atom. The highest BCUT2D eigenvalue weighted by atomic mass is 16.5. The molecule has 1 aromatic rings. The molecule has 29 heavy (non-hydrogen) atoms. The molecule has 5 nitrogen and oxygen atoms in total. The molecule has 5 atom stereocenters. The third kappa shape index (κ3) is 4.44. The summed E-state index contributed by atoms with van der Waals surface area (Å²) in [7, 11) is 0. The second kappa shape index (κ2) is 8.77. The highest BCUT2D eigenvalue weighted by Gasteiger charge is 2.44. The van der Waals surface area contributed by atoms with Gasteiger partial charge in [0.1, 0.15) is 11.9 Å². The number of rotatable bonds is 4. The van der Waals surface area contributed by atoms with Gasteiger partial charge in [0.05, 0.1) is 6.10 Å². The Morgan fingerprint density at radius 3 is 2.76 bits per heavy atom. The summed E-state index contributed by atoms with van der Waals surface area (Å²) in [5.41, 5.74) is 2.40. The van der Waals surface area contributed by atoms with Crippen LogP contribution < -0.4 is 4.74 Å². The van der Waals surface area contributed by atoms with Crippen LogP contribution in [0.5, 0.6) is 5.75 Å². The summed E-state index contributed by atoms with van der Waals surface area (Å²) in [6.07, 6.45) is 7.16. The molecule has 2 fully saturated rings. The number of fused-ring (bicyclic) bond motifs is 3. The Kier molecular flexibility index (Phi) is 6.12. The normalized spacial score (nSPS) is 29.9. The average molecular weight is 398 g/mol. The molecule has 1 aromatic carbocycles. The van der Waals surface area contributed by atoms with E-state index in [1.807, 2.05) is 18.2 Å². The third-order valence-corrected chi connectivity index (χ3v) is 7.01. The van der Waals surface area contributed by atoms with Crippen molar-refractivity contribution in [2.24, 2.45) is 17.8 Å². The van der Waals surface area contributed by atoms with Crippen LogP contribution in [0.4, 0.5) is 0 Å². The van der Waals surface area contributed by atoms with Crippen molar-refractivity contribution in [2.45, 2.75) is 69.5 Å². The Balaban J connectivity index is 1.46. The maximum absolute atomic E-state index is 10.7. The number of aliphatic carboxylic acids is 1. The summed E-state index contributed by atoms with van der Waals surface area (Å²) in [6.45, 7) is -0.343. The fourth-order valence-electron chi connectivity index (χ4n) is 5.53. The molecule has 0 unspecified atom stereocenters. The molecule has 0 bridgehead atoms. The summed E-state index contributed by atoms with van der Waals surface area (Å²) in [5.74, 6) is 6.69. The molecule has 0 saturated heterocycles. The van der Waals surface area contributed by atoms with E-state index in [-0.39, 0.29) is 24.4 Å². The number of aliphatic hydroxyl groups excluding tert-OH is 2. The smallest absolute Gasteiger partial charge is 0.341 e. The maximum Gasteiger partial charge on any atom is 0.341 e. The lowest BCUT2D eigenvalue weighted by Gasteiger charge is -2.30. The van der Waals surface area contributed by atoms with E-state index < -0.39 is 18.2 Å². The molecule has 3 aliphatic carbocycles. The molecule has 0 amide bonds. The van der Waals surface area contributed by atoms with Crippen molar-refractivity contribution < 1.29 is 24.9 Å². The summed E-state index contributed by atoms with van der Waals surface area (Å²) >= 11 is 0. The largest absolute Gasteiger partial charge is 0.482 e. The number of aliphatic hydroxyl groups is 2. The minimum Gasteiger partial charge on any atom is -0.482 e. The maximum atomic E-state index is 10.7. The van der Waals surface area contributed by atoms with Crippen molar-refractivity contribution in [3.8, 4) is 17.6 Å². The van der Waals surface area contributed by atoms with Crippen molar-refractivity contribution in [3.05, 3.63) is 29.3 Å². The van der Waals surface area contributed by atoms with Crippen LogP contribution >= 0.6 is 0 Å². The fraction of sp³-hybridized carbons (Fsp3) is 0.625. The molecule has 3 N–H and O–H groups in total. The van der Waals surface area contributed by atoms with E-state index in [0.717, 1.165) is 25.7 Å². The SMILES string of the molecule is O=C(O)COc1ccc2c(c1)CC[C@@H]1[C@@H](C#C[C@@H](O)C3CCCCC3)[C@H](O)C[C@H]21. The molecular formula is C24H30O5. The zero-order valence-electron chi connectivity index (χ0n) is 16.7. The van der Waals surface area contributed by atoms with Crippen LogP contribution in [-0.2, 0) is 11.2 Å². The van der Waals surface area contributed by atoms with E-state index in [9.17, 15) is 15.0 Å². The van der Waals surface area contributed by atoms with Crippen LogP contribution in [0.15, 0.2) is 18.2 Å². The number of ether oxygens (including phenoxy) is 1. The Bertz CT molecular complexity index is 801. The van der Waals surface area contributed by atoms with E-state index >= 15 is 0 Å². The van der Waals surface area contributed by atoms with Gasteiger partial charge in [-0.15, -0.1) is 0 Å².